The van der Waals surface area contributed by atoms with Gasteiger partial charge in [0.2, 0.25) is 5.91 Å². The van der Waals surface area contributed by atoms with Crippen molar-refractivity contribution in [1.29, 1.82) is 0 Å². The van der Waals surface area contributed by atoms with Crippen molar-refractivity contribution in [3.8, 4) is 0 Å². The summed E-state index contributed by atoms with van der Waals surface area (Å²) in [5, 5.41) is 18.6. The Labute approximate surface area is 205 Å². The molecule has 0 aromatic heterocycles. The molecule has 0 heterocycles. The van der Waals surface area contributed by atoms with E-state index < -0.39 is 36.2 Å². The molecular formula is C27H45NO6. The van der Waals surface area contributed by atoms with E-state index in [0.29, 0.717) is 12.8 Å². The summed E-state index contributed by atoms with van der Waals surface area (Å²) in [6, 6.07) is -1.48. The van der Waals surface area contributed by atoms with Crippen molar-refractivity contribution < 1.29 is 29.4 Å². The summed E-state index contributed by atoms with van der Waals surface area (Å²) in [7, 11) is 0. The number of imide groups is 1. The van der Waals surface area contributed by atoms with Crippen LogP contribution in [0.1, 0.15) is 116 Å². The first kappa shape index (κ1) is 31.6. The van der Waals surface area contributed by atoms with Crippen LogP contribution in [-0.2, 0) is 19.2 Å². The normalized spacial score (nSPS) is 11.9. The van der Waals surface area contributed by atoms with Crippen LogP contribution in [0.4, 0.5) is 0 Å². The van der Waals surface area contributed by atoms with Crippen molar-refractivity contribution in [2.24, 2.45) is 0 Å². The van der Waals surface area contributed by atoms with Gasteiger partial charge in [-0.15, -0.1) is 6.58 Å². The van der Waals surface area contributed by atoms with Crippen LogP contribution in [0.2, 0.25) is 0 Å². The van der Waals surface area contributed by atoms with Gasteiger partial charge < -0.3 is 10.2 Å². The second-order valence-electron chi connectivity index (χ2n) is 8.80. The van der Waals surface area contributed by atoms with Gasteiger partial charge in [-0.2, -0.15) is 0 Å². The zero-order valence-electron chi connectivity index (χ0n) is 21.0. The van der Waals surface area contributed by atoms with Crippen LogP contribution in [0.3, 0.4) is 0 Å². The number of aliphatic carboxylic acids is 2. The first-order chi connectivity index (χ1) is 16.3. The fraction of sp³-hybridized carbons (Fsp3) is 0.704. The molecule has 34 heavy (non-hydrogen) atoms. The maximum absolute atomic E-state index is 12.8. The molecule has 0 aliphatic carbocycles. The average Bonchev–Trinajstić information content (AvgIpc) is 2.79. The topological polar surface area (TPSA) is 112 Å². The molecule has 7 heteroatoms. The highest BCUT2D eigenvalue weighted by Gasteiger charge is 2.33. The van der Waals surface area contributed by atoms with E-state index in [1.165, 1.54) is 25.3 Å². The third kappa shape index (κ3) is 16.2. The van der Waals surface area contributed by atoms with E-state index in [-0.39, 0.29) is 12.8 Å². The van der Waals surface area contributed by atoms with E-state index in [4.69, 9.17) is 5.11 Å². The van der Waals surface area contributed by atoms with E-state index in [2.05, 4.69) is 13.5 Å². The van der Waals surface area contributed by atoms with Crippen molar-refractivity contribution in [2.45, 2.75) is 122 Å². The molecule has 7 nitrogen and oxygen atoms in total. The van der Waals surface area contributed by atoms with Gasteiger partial charge >= 0.3 is 11.9 Å². The van der Waals surface area contributed by atoms with Crippen LogP contribution in [0.5, 0.6) is 0 Å². The first-order valence-corrected chi connectivity index (χ1v) is 12.9. The second-order valence-corrected chi connectivity index (χ2v) is 8.80. The molecule has 0 spiro atoms. The third-order valence-corrected chi connectivity index (χ3v) is 5.77. The Morgan fingerprint density at radius 3 is 1.91 bits per heavy atom. The zero-order chi connectivity index (χ0) is 25.6. The molecular weight excluding hydrogens is 434 g/mol. The summed E-state index contributed by atoms with van der Waals surface area (Å²) < 4.78 is 0. The summed E-state index contributed by atoms with van der Waals surface area (Å²) in [5.41, 5.74) is 0. The largest absolute Gasteiger partial charge is 0.481 e. The van der Waals surface area contributed by atoms with Gasteiger partial charge in [0.05, 0.1) is 0 Å². The number of carbonyl (C=O) groups excluding carboxylic acids is 2. The molecule has 2 N–H and O–H groups in total. The van der Waals surface area contributed by atoms with Crippen LogP contribution >= 0.6 is 0 Å². The van der Waals surface area contributed by atoms with E-state index in [0.717, 1.165) is 62.7 Å². The summed E-state index contributed by atoms with van der Waals surface area (Å²) in [5.74, 6) is -3.77. The maximum Gasteiger partial charge on any atom is 0.326 e. The number of carboxylic acid groups (broad SMARTS) is 2. The third-order valence-electron chi connectivity index (χ3n) is 5.77. The van der Waals surface area contributed by atoms with Crippen LogP contribution < -0.4 is 0 Å². The van der Waals surface area contributed by atoms with Crippen LogP contribution in [0, 0.1) is 0 Å². The van der Waals surface area contributed by atoms with Crippen molar-refractivity contribution >= 4 is 23.8 Å². The van der Waals surface area contributed by atoms with Gasteiger partial charge in [0.15, 0.2) is 0 Å². The monoisotopic (exact) mass is 479 g/mol. The molecule has 0 aliphatic heterocycles. The highest BCUT2D eigenvalue weighted by Crippen LogP contribution is 2.15. The molecule has 0 rings (SSSR count). The smallest absolute Gasteiger partial charge is 0.326 e. The number of allylic oxidation sites excluding steroid dienone is 2. The minimum atomic E-state index is -1.48. The Balaban J connectivity index is 4.89. The van der Waals surface area contributed by atoms with E-state index in [1.54, 1.807) is 6.08 Å². The Hall–Kier alpha value is -2.44. The van der Waals surface area contributed by atoms with Crippen LogP contribution in [0.25, 0.3) is 0 Å². The number of amides is 2. The lowest BCUT2D eigenvalue weighted by Gasteiger charge is -2.26. The van der Waals surface area contributed by atoms with Gasteiger partial charge in [-0.25, -0.2) is 4.79 Å². The highest BCUT2D eigenvalue weighted by molar-refractivity contribution is 6.04. The maximum atomic E-state index is 12.8. The molecule has 0 aliphatic rings. The molecule has 0 fully saturated rings. The predicted molar refractivity (Wildman–Crippen MR) is 134 cm³/mol. The number of unbranched alkanes of at least 4 members (excludes halogenated alkanes) is 12. The van der Waals surface area contributed by atoms with Crippen molar-refractivity contribution in [2.75, 3.05) is 0 Å². The lowest BCUT2D eigenvalue weighted by molar-refractivity contribution is -0.157. The van der Waals surface area contributed by atoms with Crippen molar-refractivity contribution in [3.05, 3.63) is 24.8 Å². The summed E-state index contributed by atoms with van der Waals surface area (Å²) in [6.45, 7) is 5.86. The van der Waals surface area contributed by atoms with Gasteiger partial charge in [-0.3, -0.25) is 19.3 Å². The highest BCUT2D eigenvalue weighted by atomic mass is 16.4. The Bertz CT molecular complexity index is 643. The zero-order valence-corrected chi connectivity index (χ0v) is 21.0. The summed E-state index contributed by atoms with van der Waals surface area (Å²) in [6.07, 6.45) is 18.2. The lowest BCUT2D eigenvalue weighted by atomic mass is 10.1. The van der Waals surface area contributed by atoms with Crippen LogP contribution in [-0.4, -0.2) is 44.9 Å². The predicted octanol–water partition coefficient (Wildman–Crippen LogP) is 6.27. The molecule has 0 unspecified atom stereocenters. The molecule has 0 aromatic rings. The average molecular weight is 480 g/mol. The van der Waals surface area contributed by atoms with E-state index in [1.807, 2.05) is 6.08 Å². The van der Waals surface area contributed by atoms with Gasteiger partial charge in [0.1, 0.15) is 6.04 Å². The van der Waals surface area contributed by atoms with E-state index in [9.17, 15) is 24.3 Å². The molecule has 0 saturated carbocycles. The van der Waals surface area contributed by atoms with Crippen molar-refractivity contribution in [1.82, 2.24) is 4.90 Å². The SMILES string of the molecule is C=CCCCCCCCCC(=O)N(C(=O)C=CCCCCCCCC)[C@@H](CCC(=O)O)C(=O)O. The first-order valence-electron chi connectivity index (χ1n) is 12.9. The van der Waals surface area contributed by atoms with Gasteiger partial charge in [-0.05, 0) is 44.6 Å². The Morgan fingerprint density at radius 2 is 1.35 bits per heavy atom. The Kier molecular flexibility index (Phi) is 19.6. The standard InChI is InChI=1S/C27H45NO6/c1-3-5-7-9-11-13-15-17-19-24(29)28(23(27(33)34)21-22-26(31)32)25(30)20-18-16-14-12-10-8-6-4-2/h3,18,20,23H,1,4-17,19,21-22H2,2H3,(H,31,32)(H,33,34)/t23-/m0/s1. The number of carbonyl (C=O) groups is 4. The molecule has 1 atom stereocenters. The van der Waals surface area contributed by atoms with Gasteiger partial charge in [-0.1, -0.05) is 76.9 Å². The molecule has 0 radical (unpaired) electrons. The van der Waals surface area contributed by atoms with Crippen molar-refractivity contribution in [3.63, 3.8) is 0 Å². The van der Waals surface area contributed by atoms with Gasteiger partial charge in [0.25, 0.3) is 5.91 Å². The number of nitrogens with zero attached hydrogens (tertiary/aromatic N) is 1. The number of hydrogen-bond donors (Lipinski definition) is 2. The summed E-state index contributed by atoms with van der Waals surface area (Å²) >= 11 is 0. The second kappa shape index (κ2) is 21.1. The number of hydrogen-bond acceptors (Lipinski definition) is 4. The minimum absolute atomic E-state index is 0.0700. The lowest BCUT2D eigenvalue weighted by Crippen LogP contribution is -2.48. The molecule has 194 valence electrons. The Morgan fingerprint density at radius 1 is 0.794 bits per heavy atom. The summed E-state index contributed by atoms with van der Waals surface area (Å²) in [4.78, 5) is 49.1. The minimum Gasteiger partial charge on any atom is -0.481 e. The van der Waals surface area contributed by atoms with Crippen LogP contribution in [0.15, 0.2) is 24.8 Å². The molecule has 0 saturated heterocycles. The fourth-order valence-electron chi connectivity index (χ4n) is 3.77. The number of carboxylic acids is 2. The molecule has 0 bridgehead atoms. The molecule has 2 amide bonds. The fourth-order valence-corrected chi connectivity index (χ4v) is 3.77. The molecule has 0 aromatic carbocycles. The van der Waals surface area contributed by atoms with E-state index >= 15 is 0 Å². The number of rotatable bonds is 22. The quantitative estimate of drug-likeness (QED) is 0.107. The van der Waals surface area contributed by atoms with Gasteiger partial charge in [0, 0.05) is 12.8 Å².